The molecule has 3 rings (SSSR count). The summed E-state index contributed by atoms with van der Waals surface area (Å²) < 4.78 is 9.51. The molecule has 2 fully saturated rings. The SMILES string of the molecule is CCCc1nnsc1C(=O)N1CC[C@@H]2NC(=O)CO[C@H]2CC1. The molecule has 7 nitrogen and oxygen atoms in total. The third-order valence-corrected chi connectivity index (χ3v) is 4.90. The predicted molar refractivity (Wildman–Crippen MR) is 80.7 cm³/mol. The summed E-state index contributed by atoms with van der Waals surface area (Å²) in [6.45, 7) is 3.44. The number of carbonyl (C=O) groups is 2. The van der Waals surface area contributed by atoms with E-state index in [0.717, 1.165) is 31.4 Å². The summed E-state index contributed by atoms with van der Waals surface area (Å²) in [5, 5.41) is 7.03. The predicted octanol–water partition coefficient (Wildman–Crippen LogP) is 0.610. The Bertz CT molecular complexity index is 562. The van der Waals surface area contributed by atoms with Gasteiger partial charge in [0, 0.05) is 13.1 Å². The number of fused-ring (bicyclic) bond motifs is 1. The van der Waals surface area contributed by atoms with Gasteiger partial charge in [0.2, 0.25) is 5.91 Å². The highest BCUT2D eigenvalue weighted by Crippen LogP contribution is 2.21. The van der Waals surface area contributed by atoms with Gasteiger partial charge in [0.05, 0.1) is 17.8 Å². The van der Waals surface area contributed by atoms with Gasteiger partial charge in [0.1, 0.15) is 11.5 Å². The Morgan fingerprint density at radius 2 is 2.27 bits per heavy atom. The van der Waals surface area contributed by atoms with Crippen molar-refractivity contribution in [1.82, 2.24) is 19.8 Å². The van der Waals surface area contributed by atoms with Crippen molar-refractivity contribution in [3.8, 4) is 0 Å². The van der Waals surface area contributed by atoms with Crippen molar-refractivity contribution in [3.63, 3.8) is 0 Å². The summed E-state index contributed by atoms with van der Waals surface area (Å²) in [5.74, 6) is -0.0682. The molecule has 1 aromatic heterocycles. The van der Waals surface area contributed by atoms with Crippen LogP contribution >= 0.6 is 11.5 Å². The van der Waals surface area contributed by atoms with E-state index in [-0.39, 0.29) is 30.6 Å². The van der Waals surface area contributed by atoms with E-state index in [1.807, 2.05) is 4.90 Å². The maximum atomic E-state index is 12.7. The Morgan fingerprint density at radius 1 is 1.45 bits per heavy atom. The zero-order chi connectivity index (χ0) is 15.5. The van der Waals surface area contributed by atoms with Crippen LogP contribution < -0.4 is 5.32 Å². The quantitative estimate of drug-likeness (QED) is 0.880. The first-order valence-corrected chi connectivity index (χ1v) is 8.48. The molecule has 3 heterocycles. The summed E-state index contributed by atoms with van der Waals surface area (Å²) in [6, 6.07) is 0.00810. The summed E-state index contributed by atoms with van der Waals surface area (Å²) in [4.78, 5) is 26.6. The van der Waals surface area contributed by atoms with E-state index < -0.39 is 0 Å². The van der Waals surface area contributed by atoms with E-state index in [0.29, 0.717) is 18.0 Å². The average molecular weight is 324 g/mol. The number of aryl methyl sites for hydroxylation is 1. The molecule has 2 atom stereocenters. The summed E-state index contributed by atoms with van der Waals surface area (Å²) >= 11 is 1.17. The number of likely N-dealkylation sites (tertiary alicyclic amines) is 1. The number of nitrogens with zero attached hydrogens (tertiary/aromatic N) is 3. The highest BCUT2D eigenvalue weighted by Gasteiger charge is 2.34. The Kier molecular flexibility index (Phi) is 4.68. The molecule has 2 aliphatic rings. The third-order valence-electron chi connectivity index (χ3n) is 4.14. The lowest BCUT2D eigenvalue weighted by molar-refractivity contribution is -0.136. The largest absolute Gasteiger partial charge is 0.366 e. The topological polar surface area (TPSA) is 84.4 Å². The Balaban J connectivity index is 1.69. The Labute approximate surface area is 133 Å². The summed E-state index contributed by atoms with van der Waals surface area (Å²) in [6.07, 6.45) is 3.18. The van der Waals surface area contributed by atoms with E-state index >= 15 is 0 Å². The van der Waals surface area contributed by atoms with E-state index in [2.05, 4.69) is 21.8 Å². The monoisotopic (exact) mass is 324 g/mol. The molecule has 0 radical (unpaired) electrons. The second-order valence-corrected chi connectivity index (χ2v) is 6.45. The van der Waals surface area contributed by atoms with Crippen LogP contribution in [-0.2, 0) is 16.0 Å². The second kappa shape index (κ2) is 6.70. The van der Waals surface area contributed by atoms with Crippen molar-refractivity contribution >= 4 is 23.3 Å². The van der Waals surface area contributed by atoms with Gasteiger partial charge in [0.15, 0.2) is 0 Å². The molecule has 2 amide bonds. The van der Waals surface area contributed by atoms with Gasteiger partial charge in [-0.2, -0.15) is 0 Å². The van der Waals surface area contributed by atoms with Gasteiger partial charge < -0.3 is 15.0 Å². The van der Waals surface area contributed by atoms with Gasteiger partial charge in [-0.1, -0.05) is 17.8 Å². The number of ether oxygens (including phenoxy) is 1. The number of morpholine rings is 1. The van der Waals surface area contributed by atoms with E-state index in [4.69, 9.17) is 4.74 Å². The first kappa shape index (κ1) is 15.4. The molecule has 120 valence electrons. The zero-order valence-electron chi connectivity index (χ0n) is 12.6. The van der Waals surface area contributed by atoms with Crippen molar-refractivity contribution in [3.05, 3.63) is 10.6 Å². The number of rotatable bonds is 3. The molecule has 0 saturated carbocycles. The van der Waals surface area contributed by atoms with Gasteiger partial charge in [-0.05, 0) is 30.8 Å². The highest BCUT2D eigenvalue weighted by molar-refractivity contribution is 7.08. The van der Waals surface area contributed by atoms with E-state index in [1.165, 1.54) is 11.5 Å². The maximum Gasteiger partial charge on any atom is 0.267 e. The Hall–Kier alpha value is -1.54. The van der Waals surface area contributed by atoms with Gasteiger partial charge in [0.25, 0.3) is 5.91 Å². The van der Waals surface area contributed by atoms with Crippen molar-refractivity contribution in [2.45, 2.75) is 44.8 Å². The van der Waals surface area contributed by atoms with Crippen LogP contribution in [0.5, 0.6) is 0 Å². The minimum atomic E-state index is -0.0714. The number of nitrogens with one attached hydrogen (secondary N) is 1. The number of aromatic nitrogens is 2. The molecule has 22 heavy (non-hydrogen) atoms. The van der Waals surface area contributed by atoms with Gasteiger partial charge >= 0.3 is 0 Å². The minimum Gasteiger partial charge on any atom is -0.366 e. The van der Waals surface area contributed by atoms with Crippen LogP contribution in [0.4, 0.5) is 0 Å². The van der Waals surface area contributed by atoms with Crippen molar-refractivity contribution in [1.29, 1.82) is 0 Å². The molecule has 1 aromatic rings. The van der Waals surface area contributed by atoms with Crippen molar-refractivity contribution < 1.29 is 14.3 Å². The smallest absolute Gasteiger partial charge is 0.267 e. The normalized spacial score (nSPS) is 25.3. The second-order valence-electron chi connectivity index (χ2n) is 5.69. The standard InChI is InChI=1S/C14H20N4O3S/c1-2-3-10-13(22-17-16-10)14(20)18-6-4-9-11(5-7-18)21-8-12(19)15-9/h9,11H,2-8H2,1H3,(H,15,19)/t9-,11-/m0/s1. The first-order valence-electron chi connectivity index (χ1n) is 7.70. The third kappa shape index (κ3) is 3.12. The van der Waals surface area contributed by atoms with Crippen molar-refractivity contribution in [2.24, 2.45) is 0 Å². The van der Waals surface area contributed by atoms with Crippen LogP contribution in [0.25, 0.3) is 0 Å². The lowest BCUT2D eigenvalue weighted by atomic mass is 10.0. The minimum absolute atomic E-state index is 0.00317. The molecule has 2 aliphatic heterocycles. The average Bonchev–Trinajstić information content (AvgIpc) is 2.86. The molecule has 0 aromatic carbocycles. The molecule has 1 N–H and O–H groups in total. The van der Waals surface area contributed by atoms with E-state index in [1.54, 1.807) is 0 Å². The number of hydrogen-bond donors (Lipinski definition) is 1. The van der Waals surface area contributed by atoms with Crippen LogP contribution in [0.15, 0.2) is 0 Å². The Morgan fingerprint density at radius 3 is 3.09 bits per heavy atom. The molecule has 0 spiro atoms. The van der Waals surface area contributed by atoms with Crippen LogP contribution in [-0.4, -0.2) is 58.1 Å². The molecular formula is C14H20N4O3S. The summed E-state index contributed by atoms with van der Waals surface area (Å²) in [7, 11) is 0. The fraction of sp³-hybridized carbons (Fsp3) is 0.714. The highest BCUT2D eigenvalue weighted by atomic mass is 32.1. The molecule has 8 heteroatoms. The molecule has 0 bridgehead atoms. The van der Waals surface area contributed by atoms with Crippen molar-refractivity contribution in [2.75, 3.05) is 19.7 Å². The lowest BCUT2D eigenvalue weighted by Gasteiger charge is -2.30. The van der Waals surface area contributed by atoms with Crippen LogP contribution in [0.2, 0.25) is 0 Å². The fourth-order valence-corrected chi connectivity index (χ4v) is 3.67. The molecule has 2 saturated heterocycles. The fourth-order valence-electron chi connectivity index (χ4n) is 2.99. The van der Waals surface area contributed by atoms with E-state index in [9.17, 15) is 9.59 Å². The van der Waals surface area contributed by atoms with Gasteiger partial charge in [-0.3, -0.25) is 9.59 Å². The number of amides is 2. The molecular weight excluding hydrogens is 304 g/mol. The molecule has 0 aliphatic carbocycles. The van der Waals surface area contributed by atoms with Gasteiger partial charge in [-0.15, -0.1) is 5.10 Å². The first-order chi connectivity index (χ1) is 10.7. The molecule has 0 unspecified atom stereocenters. The maximum absolute atomic E-state index is 12.7. The van der Waals surface area contributed by atoms with Crippen LogP contribution in [0, 0.1) is 0 Å². The summed E-state index contributed by atoms with van der Waals surface area (Å²) in [5.41, 5.74) is 0.795. The van der Waals surface area contributed by atoms with Crippen LogP contribution in [0.1, 0.15) is 41.6 Å². The number of carbonyl (C=O) groups excluding carboxylic acids is 2. The lowest BCUT2D eigenvalue weighted by Crippen LogP contribution is -2.51. The van der Waals surface area contributed by atoms with Crippen LogP contribution in [0.3, 0.4) is 0 Å². The van der Waals surface area contributed by atoms with Gasteiger partial charge in [-0.25, -0.2) is 0 Å². The number of hydrogen-bond acceptors (Lipinski definition) is 6. The zero-order valence-corrected chi connectivity index (χ0v) is 13.4.